The van der Waals surface area contributed by atoms with Gasteiger partial charge in [0.05, 0.1) is 0 Å². The molecule has 9 heteroatoms. The van der Waals surface area contributed by atoms with Crippen molar-refractivity contribution in [1.82, 2.24) is 10.4 Å². The molecule has 2 amide bonds. The number of hydrazine groups is 1. The van der Waals surface area contributed by atoms with Gasteiger partial charge >= 0.3 is 12.1 Å². The van der Waals surface area contributed by atoms with E-state index in [0.717, 1.165) is 36.3 Å². The SMILES string of the molecule is CCOC(CC(C(=O)OC(C)(C)C)N(NC(=O)OCc1ccccc1)C(=O)CCC1CCCC1)OCC. The number of hydrogen-bond acceptors (Lipinski definition) is 7. The van der Waals surface area contributed by atoms with E-state index >= 15 is 0 Å². The number of carbonyl (C=O) groups is 3. The Hall–Kier alpha value is -2.65. The molecule has 0 spiro atoms. The minimum atomic E-state index is -1.16. The van der Waals surface area contributed by atoms with Crippen LogP contribution < -0.4 is 5.43 Å². The largest absolute Gasteiger partial charge is 0.458 e. The van der Waals surface area contributed by atoms with Crippen molar-refractivity contribution in [3.05, 3.63) is 35.9 Å². The van der Waals surface area contributed by atoms with E-state index in [0.29, 0.717) is 25.6 Å². The predicted molar refractivity (Wildman–Crippen MR) is 139 cm³/mol. The molecule has 1 aromatic rings. The van der Waals surface area contributed by atoms with Crippen LogP contribution in [0.2, 0.25) is 0 Å². The molecule has 0 heterocycles. The van der Waals surface area contributed by atoms with E-state index < -0.39 is 30.0 Å². The van der Waals surface area contributed by atoms with Gasteiger partial charge in [-0.25, -0.2) is 20.0 Å². The van der Waals surface area contributed by atoms with Crippen molar-refractivity contribution in [1.29, 1.82) is 0 Å². The third-order valence-electron chi connectivity index (χ3n) is 6.05. The van der Waals surface area contributed by atoms with E-state index in [1.54, 1.807) is 20.8 Å². The van der Waals surface area contributed by atoms with Gasteiger partial charge in [0.15, 0.2) is 12.3 Å². The molecule has 0 aromatic heterocycles. The van der Waals surface area contributed by atoms with E-state index in [1.807, 2.05) is 44.2 Å². The highest BCUT2D eigenvalue weighted by molar-refractivity contribution is 5.86. The first-order valence-electron chi connectivity index (χ1n) is 13.4. The Bertz CT molecular complexity index is 829. The lowest BCUT2D eigenvalue weighted by atomic mass is 10.0. The van der Waals surface area contributed by atoms with Crippen molar-refractivity contribution in [2.75, 3.05) is 13.2 Å². The molecule has 2 rings (SSSR count). The Morgan fingerprint density at radius 3 is 2.22 bits per heavy atom. The summed E-state index contributed by atoms with van der Waals surface area (Å²) in [6, 6.07) is 8.05. The monoisotopic (exact) mass is 520 g/mol. The molecule has 1 fully saturated rings. The molecule has 0 aliphatic heterocycles. The van der Waals surface area contributed by atoms with Gasteiger partial charge < -0.3 is 18.9 Å². The first kappa shape index (κ1) is 30.6. The molecule has 37 heavy (non-hydrogen) atoms. The normalized spacial score (nSPS) is 14.9. The molecule has 1 aliphatic carbocycles. The predicted octanol–water partition coefficient (Wildman–Crippen LogP) is 5.13. The zero-order valence-electron chi connectivity index (χ0n) is 23.0. The first-order chi connectivity index (χ1) is 17.6. The van der Waals surface area contributed by atoms with E-state index in [4.69, 9.17) is 18.9 Å². The van der Waals surface area contributed by atoms with Crippen LogP contribution in [0.5, 0.6) is 0 Å². The van der Waals surface area contributed by atoms with Crippen LogP contribution in [0.15, 0.2) is 30.3 Å². The van der Waals surface area contributed by atoms with Crippen LogP contribution in [0.25, 0.3) is 0 Å². The van der Waals surface area contributed by atoms with Gasteiger partial charge in [-0.2, -0.15) is 0 Å². The smallest absolute Gasteiger partial charge is 0.426 e. The van der Waals surface area contributed by atoms with Gasteiger partial charge in [-0.3, -0.25) is 4.79 Å². The second-order valence-electron chi connectivity index (χ2n) is 10.3. The molecule has 1 N–H and O–H groups in total. The lowest BCUT2D eigenvalue weighted by molar-refractivity contribution is -0.180. The van der Waals surface area contributed by atoms with Gasteiger partial charge in [-0.15, -0.1) is 0 Å². The summed E-state index contributed by atoms with van der Waals surface area (Å²) in [5.74, 6) is -0.573. The molecule has 0 radical (unpaired) electrons. The van der Waals surface area contributed by atoms with Gasteiger partial charge in [0.1, 0.15) is 12.2 Å². The average molecular weight is 521 g/mol. The van der Waals surface area contributed by atoms with Crippen LogP contribution in [-0.4, -0.2) is 54.1 Å². The zero-order chi connectivity index (χ0) is 27.3. The highest BCUT2D eigenvalue weighted by Gasteiger charge is 2.37. The number of ether oxygens (including phenoxy) is 4. The molecule has 0 saturated heterocycles. The Labute approximate surface area is 221 Å². The van der Waals surface area contributed by atoms with Crippen molar-refractivity contribution < 1.29 is 33.3 Å². The fraction of sp³-hybridized carbons (Fsp3) is 0.679. The van der Waals surface area contributed by atoms with Crippen molar-refractivity contribution >= 4 is 18.0 Å². The third-order valence-corrected chi connectivity index (χ3v) is 6.05. The summed E-state index contributed by atoms with van der Waals surface area (Å²) in [7, 11) is 0. The number of benzene rings is 1. The lowest BCUT2D eigenvalue weighted by Crippen LogP contribution is -2.57. The number of amides is 2. The number of carbonyl (C=O) groups excluding carboxylic acids is 3. The topological polar surface area (TPSA) is 103 Å². The zero-order valence-corrected chi connectivity index (χ0v) is 23.0. The molecule has 9 nitrogen and oxygen atoms in total. The standard InChI is InChI=1S/C28H44N2O7/c1-6-34-25(35-7-2)19-23(26(32)37-28(3,4)5)30(24(31)18-17-21-13-11-12-14-21)29-27(33)36-20-22-15-9-8-10-16-22/h8-10,15-16,21,23,25H,6-7,11-14,17-20H2,1-5H3,(H,29,33). The quantitative estimate of drug-likeness (QED) is 0.219. The number of nitrogens with one attached hydrogen (secondary N) is 1. The number of hydrogen-bond donors (Lipinski definition) is 1. The molecular formula is C28H44N2O7. The van der Waals surface area contributed by atoms with Crippen LogP contribution in [0, 0.1) is 5.92 Å². The summed E-state index contributed by atoms with van der Waals surface area (Å²) in [5.41, 5.74) is 2.53. The van der Waals surface area contributed by atoms with Gasteiger partial charge in [0.2, 0.25) is 5.91 Å². The van der Waals surface area contributed by atoms with Crippen molar-refractivity contribution in [3.8, 4) is 0 Å². The van der Waals surface area contributed by atoms with Crippen molar-refractivity contribution in [2.24, 2.45) is 5.92 Å². The second-order valence-corrected chi connectivity index (χ2v) is 10.3. The van der Waals surface area contributed by atoms with Crippen LogP contribution in [0.3, 0.4) is 0 Å². The molecule has 208 valence electrons. The Morgan fingerprint density at radius 1 is 1.03 bits per heavy atom. The summed E-state index contributed by atoms with van der Waals surface area (Å²) < 4.78 is 22.3. The van der Waals surface area contributed by atoms with E-state index in [-0.39, 0.29) is 25.4 Å². The highest BCUT2D eigenvalue weighted by Crippen LogP contribution is 2.29. The van der Waals surface area contributed by atoms with Crippen molar-refractivity contribution in [3.63, 3.8) is 0 Å². The summed E-state index contributed by atoms with van der Waals surface area (Å²) in [6.07, 6.45) is 3.78. The average Bonchev–Trinajstić information content (AvgIpc) is 3.37. The van der Waals surface area contributed by atoms with Crippen LogP contribution >= 0.6 is 0 Å². The second kappa shape index (κ2) is 15.6. The maximum atomic E-state index is 13.5. The van der Waals surface area contributed by atoms with Gasteiger partial charge in [-0.1, -0.05) is 56.0 Å². The third kappa shape index (κ3) is 11.5. The first-order valence-corrected chi connectivity index (χ1v) is 13.4. The Balaban J connectivity index is 2.25. The highest BCUT2D eigenvalue weighted by atomic mass is 16.7. The summed E-state index contributed by atoms with van der Waals surface area (Å²) in [6.45, 7) is 9.61. The summed E-state index contributed by atoms with van der Waals surface area (Å²) >= 11 is 0. The number of rotatable bonds is 13. The molecule has 1 unspecified atom stereocenters. The van der Waals surface area contributed by atoms with Crippen LogP contribution in [-0.2, 0) is 35.1 Å². The van der Waals surface area contributed by atoms with E-state index in [9.17, 15) is 14.4 Å². The minimum absolute atomic E-state index is 0.00920. The lowest BCUT2D eigenvalue weighted by Gasteiger charge is -2.34. The molecule has 1 saturated carbocycles. The Morgan fingerprint density at radius 2 is 1.65 bits per heavy atom. The van der Waals surface area contributed by atoms with E-state index in [1.165, 1.54) is 0 Å². The van der Waals surface area contributed by atoms with Gasteiger partial charge in [-0.05, 0) is 52.5 Å². The van der Waals surface area contributed by atoms with Gasteiger partial charge in [0.25, 0.3) is 0 Å². The van der Waals surface area contributed by atoms with E-state index in [2.05, 4.69) is 5.43 Å². The van der Waals surface area contributed by atoms with Crippen LogP contribution in [0.1, 0.15) is 85.1 Å². The fourth-order valence-corrected chi connectivity index (χ4v) is 4.33. The number of esters is 1. The molecule has 0 bridgehead atoms. The molecule has 1 aliphatic rings. The summed E-state index contributed by atoms with van der Waals surface area (Å²) in [4.78, 5) is 39.6. The molecular weight excluding hydrogens is 476 g/mol. The fourth-order valence-electron chi connectivity index (χ4n) is 4.33. The molecule has 1 aromatic carbocycles. The maximum absolute atomic E-state index is 13.5. The number of nitrogens with zero attached hydrogens (tertiary/aromatic N) is 1. The van der Waals surface area contributed by atoms with Gasteiger partial charge in [0, 0.05) is 26.1 Å². The van der Waals surface area contributed by atoms with Crippen molar-refractivity contribution in [2.45, 2.75) is 104 Å². The maximum Gasteiger partial charge on any atom is 0.426 e. The Kier molecular flexibility index (Phi) is 12.9. The minimum Gasteiger partial charge on any atom is -0.458 e. The molecule has 1 atom stereocenters. The summed E-state index contributed by atoms with van der Waals surface area (Å²) in [5, 5.41) is 1.06. The van der Waals surface area contributed by atoms with Crippen LogP contribution in [0.4, 0.5) is 4.79 Å².